The normalized spacial score (nSPS) is 10.5. The molecule has 2 N–H and O–H groups in total. The topological polar surface area (TPSA) is 43.1 Å². The molecule has 19 heavy (non-hydrogen) atoms. The van der Waals surface area contributed by atoms with Gasteiger partial charge in [0.2, 0.25) is 0 Å². The summed E-state index contributed by atoms with van der Waals surface area (Å²) in [4.78, 5) is 12.1. The van der Waals surface area contributed by atoms with Gasteiger partial charge in [-0.3, -0.25) is 4.79 Å². The van der Waals surface area contributed by atoms with Crippen LogP contribution in [0.15, 0.2) is 36.4 Å². The predicted octanol–water partition coefficient (Wildman–Crippen LogP) is 3.28. The lowest BCUT2D eigenvalue weighted by Crippen LogP contribution is -2.08. The average molecular weight is 261 g/mol. The molecule has 2 aromatic carbocycles. The van der Waals surface area contributed by atoms with E-state index < -0.39 is 11.6 Å². The molecule has 0 heterocycles. The largest absolute Gasteiger partial charge is 0.398 e. The summed E-state index contributed by atoms with van der Waals surface area (Å²) in [6, 6.07) is 7.89. The fourth-order valence-electron chi connectivity index (χ4n) is 1.87. The third kappa shape index (κ3) is 2.96. The van der Waals surface area contributed by atoms with Gasteiger partial charge in [0.05, 0.1) is 0 Å². The molecule has 0 saturated heterocycles. The second-order valence-electron chi connectivity index (χ2n) is 4.40. The molecule has 0 unspecified atom stereocenters. The minimum atomic E-state index is -0.520. The van der Waals surface area contributed by atoms with Gasteiger partial charge in [0, 0.05) is 17.7 Å². The van der Waals surface area contributed by atoms with E-state index in [4.69, 9.17) is 5.73 Å². The number of benzene rings is 2. The minimum absolute atomic E-state index is 0.00273. The summed E-state index contributed by atoms with van der Waals surface area (Å²) in [7, 11) is 0. The van der Waals surface area contributed by atoms with E-state index in [0.717, 1.165) is 11.6 Å². The Morgan fingerprint density at radius 1 is 1.11 bits per heavy atom. The third-order valence-corrected chi connectivity index (χ3v) is 2.98. The maximum absolute atomic E-state index is 13.1. The number of ketones is 1. The zero-order valence-corrected chi connectivity index (χ0v) is 10.4. The van der Waals surface area contributed by atoms with Crippen molar-refractivity contribution in [3.05, 3.63) is 64.7 Å². The van der Waals surface area contributed by atoms with Crippen molar-refractivity contribution in [3.8, 4) is 0 Å². The maximum atomic E-state index is 13.1. The van der Waals surface area contributed by atoms with Crippen molar-refractivity contribution in [3.63, 3.8) is 0 Å². The maximum Gasteiger partial charge on any atom is 0.169 e. The summed E-state index contributed by atoms with van der Waals surface area (Å²) in [5.74, 6) is -1.25. The van der Waals surface area contributed by atoms with Gasteiger partial charge in [-0.25, -0.2) is 8.78 Å². The highest BCUT2D eigenvalue weighted by atomic mass is 19.1. The zero-order chi connectivity index (χ0) is 14.0. The summed E-state index contributed by atoms with van der Waals surface area (Å²) in [5, 5.41) is 0. The quantitative estimate of drug-likeness (QED) is 0.680. The lowest BCUT2D eigenvalue weighted by atomic mass is 9.98. The Hall–Kier alpha value is -2.23. The second-order valence-corrected chi connectivity index (χ2v) is 4.40. The number of hydrogen-bond acceptors (Lipinski definition) is 2. The van der Waals surface area contributed by atoms with Crippen molar-refractivity contribution in [1.82, 2.24) is 0 Å². The Bertz CT molecular complexity index is 638. The van der Waals surface area contributed by atoms with Gasteiger partial charge in [-0.05, 0) is 48.4 Å². The number of halogens is 2. The van der Waals surface area contributed by atoms with Gasteiger partial charge in [0.25, 0.3) is 0 Å². The van der Waals surface area contributed by atoms with Crippen molar-refractivity contribution in [2.24, 2.45) is 0 Å². The molecule has 0 aromatic heterocycles. The summed E-state index contributed by atoms with van der Waals surface area (Å²) >= 11 is 0. The van der Waals surface area contributed by atoms with Gasteiger partial charge < -0.3 is 5.73 Å². The molecule has 2 rings (SSSR count). The van der Waals surface area contributed by atoms with Crippen LogP contribution in [0, 0.1) is 18.6 Å². The number of anilines is 1. The Labute approximate surface area is 109 Å². The van der Waals surface area contributed by atoms with Crippen LogP contribution in [0.5, 0.6) is 0 Å². The van der Waals surface area contributed by atoms with E-state index >= 15 is 0 Å². The first-order chi connectivity index (χ1) is 8.97. The standard InChI is InChI=1S/C15H13F2NO/c1-9-2-3-11(16)6-10(9)7-15(19)13-8-12(17)4-5-14(13)18/h2-6,8H,7,18H2,1H3. The molecule has 98 valence electrons. The monoisotopic (exact) mass is 261 g/mol. The van der Waals surface area contributed by atoms with Crippen LogP contribution in [0.1, 0.15) is 21.5 Å². The molecule has 0 atom stereocenters. The molecule has 2 aromatic rings. The minimum Gasteiger partial charge on any atom is -0.398 e. The first-order valence-corrected chi connectivity index (χ1v) is 5.80. The molecule has 0 bridgehead atoms. The van der Waals surface area contributed by atoms with Crippen LogP contribution in [-0.4, -0.2) is 5.78 Å². The van der Waals surface area contributed by atoms with E-state index in [1.807, 2.05) is 0 Å². The van der Waals surface area contributed by atoms with Gasteiger partial charge in [-0.15, -0.1) is 0 Å². The molecule has 0 spiro atoms. The Balaban J connectivity index is 2.30. The number of carbonyl (C=O) groups is 1. The lowest BCUT2D eigenvalue weighted by Gasteiger charge is -2.07. The lowest BCUT2D eigenvalue weighted by molar-refractivity contribution is 0.0993. The molecular weight excluding hydrogens is 248 g/mol. The molecule has 4 heteroatoms. The van der Waals surface area contributed by atoms with E-state index in [1.54, 1.807) is 13.0 Å². The Kier molecular flexibility index (Phi) is 3.60. The number of hydrogen-bond donors (Lipinski definition) is 1. The van der Waals surface area contributed by atoms with E-state index in [9.17, 15) is 13.6 Å². The fourth-order valence-corrected chi connectivity index (χ4v) is 1.87. The van der Waals surface area contributed by atoms with E-state index in [0.29, 0.717) is 5.56 Å². The molecular formula is C15H13F2NO. The van der Waals surface area contributed by atoms with Gasteiger partial charge in [0.1, 0.15) is 11.6 Å². The number of rotatable bonds is 3. The molecule has 0 aliphatic rings. The van der Waals surface area contributed by atoms with Crippen LogP contribution in [0.4, 0.5) is 14.5 Å². The molecule has 2 nitrogen and oxygen atoms in total. The SMILES string of the molecule is Cc1ccc(F)cc1CC(=O)c1cc(F)ccc1N. The van der Waals surface area contributed by atoms with Crippen molar-refractivity contribution in [2.45, 2.75) is 13.3 Å². The van der Waals surface area contributed by atoms with Crippen LogP contribution >= 0.6 is 0 Å². The first-order valence-electron chi connectivity index (χ1n) is 5.80. The smallest absolute Gasteiger partial charge is 0.169 e. The van der Waals surface area contributed by atoms with Crippen LogP contribution in [0.3, 0.4) is 0 Å². The molecule has 0 aliphatic heterocycles. The Morgan fingerprint density at radius 2 is 1.74 bits per heavy atom. The van der Waals surface area contributed by atoms with E-state index in [-0.39, 0.29) is 23.5 Å². The molecule has 0 amide bonds. The molecule has 0 aliphatic carbocycles. The Morgan fingerprint density at radius 3 is 2.47 bits per heavy atom. The van der Waals surface area contributed by atoms with E-state index in [2.05, 4.69) is 0 Å². The summed E-state index contributed by atoms with van der Waals surface area (Å²) in [6.07, 6.45) is -0.00273. The summed E-state index contributed by atoms with van der Waals surface area (Å²) in [5.41, 5.74) is 7.39. The van der Waals surface area contributed by atoms with Crippen LogP contribution in [-0.2, 0) is 6.42 Å². The third-order valence-electron chi connectivity index (χ3n) is 2.98. The number of nitrogen functional groups attached to an aromatic ring is 1. The van der Waals surface area contributed by atoms with Gasteiger partial charge in [0.15, 0.2) is 5.78 Å². The van der Waals surface area contributed by atoms with E-state index in [1.165, 1.54) is 24.3 Å². The number of carbonyl (C=O) groups excluding carboxylic acids is 1. The summed E-state index contributed by atoms with van der Waals surface area (Å²) < 4.78 is 26.3. The number of nitrogens with two attached hydrogens (primary N) is 1. The van der Waals surface area contributed by atoms with Crippen molar-refractivity contribution in [2.75, 3.05) is 5.73 Å². The summed E-state index contributed by atoms with van der Waals surface area (Å²) in [6.45, 7) is 1.79. The molecule has 0 radical (unpaired) electrons. The fraction of sp³-hybridized carbons (Fsp3) is 0.133. The molecule has 0 fully saturated rings. The highest BCUT2D eigenvalue weighted by molar-refractivity contribution is 6.02. The average Bonchev–Trinajstić information content (AvgIpc) is 2.36. The van der Waals surface area contributed by atoms with Gasteiger partial charge in [-0.1, -0.05) is 6.07 Å². The zero-order valence-electron chi connectivity index (χ0n) is 10.4. The van der Waals surface area contributed by atoms with Crippen molar-refractivity contribution >= 4 is 11.5 Å². The van der Waals surface area contributed by atoms with Crippen molar-refractivity contribution in [1.29, 1.82) is 0 Å². The van der Waals surface area contributed by atoms with Gasteiger partial charge >= 0.3 is 0 Å². The van der Waals surface area contributed by atoms with Crippen LogP contribution in [0.2, 0.25) is 0 Å². The second kappa shape index (κ2) is 5.18. The number of Topliss-reactive ketones (excluding diaryl/α,β-unsaturated/α-hetero) is 1. The highest BCUT2D eigenvalue weighted by Crippen LogP contribution is 2.18. The predicted molar refractivity (Wildman–Crippen MR) is 70.0 cm³/mol. The first kappa shape index (κ1) is 13.2. The van der Waals surface area contributed by atoms with Crippen LogP contribution in [0.25, 0.3) is 0 Å². The van der Waals surface area contributed by atoms with Crippen LogP contribution < -0.4 is 5.73 Å². The molecule has 0 saturated carbocycles. The highest BCUT2D eigenvalue weighted by Gasteiger charge is 2.13. The van der Waals surface area contributed by atoms with Gasteiger partial charge in [-0.2, -0.15) is 0 Å². The number of aryl methyl sites for hydroxylation is 1. The van der Waals surface area contributed by atoms with Crippen molar-refractivity contribution < 1.29 is 13.6 Å².